The molecule has 0 saturated carbocycles. The van der Waals surface area contributed by atoms with E-state index in [1.807, 2.05) is 12.1 Å². The van der Waals surface area contributed by atoms with Crippen LogP contribution in [0.5, 0.6) is 11.5 Å². The summed E-state index contributed by atoms with van der Waals surface area (Å²) in [4.78, 5) is 2.47. The molecule has 1 saturated heterocycles. The lowest BCUT2D eigenvalue weighted by atomic mass is 9.86. The Hall–Kier alpha value is -2.00. The fourth-order valence-corrected chi connectivity index (χ4v) is 3.66. The maximum absolute atomic E-state index is 10.2. The molecule has 0 amide bonds. The number of phenolic OH excluding ortho intramolecular Hbond substituents is 1. The number of hydrogen-bond donors (Lipinski definition) is 1. The number of hydrogen-bond acceptors (Lipinski definition) is 3. The second-order valence-electron chi connectivity index (χ2n) is 6.05. The summed E-state index contributed by atoms with van der Waals surface area (Å²) in [6, 6.07) is 16.1. The third kappa shape index (κ3) is 2.28. The lowest BCUT2D eigenvalue weighted by Crippen LogP contribution is -2.25. The molecule has 1 fully saturated rings. The molecule has 3 nitrogen and oxygen atoms in total. The van der Waals surface area contributed by atoms with Gasteiger partial charge in [0.1, 0.15) is 11.5 Å². The molecule has 2 aromatic rings. The molecule has 2 atom stereocenters. The van der Waals surface area contributed by atoms with Crippen LogP contribution < -0.4 is 4.74 Å². The highest BCUT2D eigenvalue weighted by molar-refractivity contribution is 5.48. The molecule has 0 aliphatic carbocycles. The van der Waals surface area contributed by atoms with Crippen LogP contribution in [0.1, 0.15) is 17.0 Å². The Balaban J connectivity index is 1.57. The van der Waals surface area contributed by atoms with E-state index < -0.39 is 0 Å². The van der Waals surface area contributed by atoms with E-state index in [2.05, 4.69) is 35.2 Å². The Morgan fingerprint density at radius 3 is 2.76 bits per heavy atom. The molecule has 108 valence electrons. The van der Waals surface area contributed by atoms with Crippen LogP contribution in [0.3, 0.4) is 0 Å². The van der Waals surface area contributed by atoms with Crippen molar-refractivity contribution in [2.45, 2.75) is 12.5 Å². The minimum absolute atomic E-state index is 0.378. The SMILES string of the molecule is Oc1cccc2c1[C@H]1CN(Cc3ccccc3)C[C@H]1CO2. The molecule has 0 bridgehead atoms. The number of benzene rings is 2. The summed E-state index contributed by atoms with van der Waals surface area (Å²) in [5.74, 6) is 2.11. The van der Waals surface area contributed by atoms with E-state index in [1.165, 1.54) is 5.56 Å². The topological polar surface area (TPSA) is 32.7 Å². The monoisotopic (exact) mass is 281 g/mol. The third-order valence-electron chi connectivity index (χ3n) is 4.63. The summed E-state index contributed by atoms with van der Waals surface area (Å²) < 4.78 is 5.83. The molecule has 0 unspecified atom stereocenters. The average Bonchev–Trinajstić information content (AvgIpc) is 2.90. The van der Waals surface area contributed by atoms with Crippen LogP contribution in [-0.2, 0) is 6.54 Å². The van der Waals surface area contributed by atoms with Crippen LogP contribution >= 0.6 is 0 Å². The van der Waals surface area contributed by atoms with Crippen LogP contribution in [-0.4, -0.2) is 29.7 Å². The highest BCUT2D eigenvalue weighted by atomic mass is 16.5. The predicted molar refractivity (Wildman–Crippen MR) is 81.6 cm³/mol. The van der Waals surface area contributed by atoms with E-state index in [9.17, 15) is 5.11 Å². The Morgan fingerprint density at radius 2 is 1.90 bits per heavy atom. The standard InChI is InChI=1S/C18H19NO2/c20-16-7-4-8-17-18(16)15-11-19(10-14(15)12-21-17)9-13-5-2-1-3-6-13/h1-8,14-15,20H,9-12H2/t14-,15-/m0/s1. The molecule has 0 radical (unpaired) electrons. The minimum Gasteiger partial charge on any atom is -0.508 e. The van der Waals surface area contributed by atoms with Crippen molar-refractivity contribution in [3.63, 3.8) is 0 Å². The van der Waals surface area contributed by atoms with Crippen LogP contribution in [0, 0.1) is 5.92 Å². The van der Waals surface area contributed by atoms with Gasteiger partial charge in [0.05, 0.1) is 6.61 Å². The normalized spacial score (nSPS) is 24.2. The predicted octanol–water partition coefficient (Wildman–Crippen LogP) is 3.00. The quantitative estimate of drug-likeness (QED) is 0.918. The number of ether oxygens (including phenoxy) is 1. The first-order valence-corrected chi connectivity index (χ1v) is 7.52. The Kier molecular flexibility index (Phi) is 3.08. The first-order chi connectivity index (χ1) is 10.3. The van der Waals surface area contributed by atoms with E-state index in [0.29, 0.717) is 17.6 Å². The van der Waals surface area contributed by atoms with Crippen LogP contribution in [0.15, 0.2) is 48.5 Å². The molecule has 0 aromatic heterocycles. The van der Waals surface area contributed by atoms with E-state index in [4.69, 9.17) is 4.74 Å². The third-order valence-corrected chi connectivity index (χ3v) is 4.63. The van der Waals surface area contributed by atoms with Gasteiger partial charge < -0.3 is 9.84 Å². The molecule has 0 spiro atoms. The summed E-state index contributed by atoms with van der Waals surface area (Å²) in [6.07, 6.45) is 0. The smallest absolute Gasteiger partial charge is 0.126 e. The number of likely N-dealkylation sites (tertiary alicyclic amines) is 1. The number of rotatable bonds is 2. The van der Waals surface area contributed by atoms with E-state index in [1.54, 1.807) is 6.07 Å². The van der Waals surface area contributed by atoms with Gasteiger partial charge in [-0.2, -0.15) is 0 Å². The first-order valence-electron chi connectivity index (χ1n) is 7.52. The molecule has 4 rings (SSSR count). The zero-order valence-electron chi connectivity index (χ0n) is 11.9. The fraction of sp³-hybridized carbons (Fsp3) is 0.333. The molecular formula is C18H19NO2. The second-order valence-corrected chi connectivity index (χ2v) is 6.05. The Morgan fingerprint density at radius 1 is 1.05 bits per heavy atom. The highest BCUT2D eigenvalue weighted by Crippen LogP contribution is 2.45. The van der Waals surface area contributed by atoms with Crippen molar-refractivity contribution in [2.24, 2.45) is 5.92 Å². The number of nitrogens with zero attached hydrogens (tertiary/aromatic N) is 1. The Labute approximate surface area is 124 Å². The molecule has 2 aliphatic heterocycles. The largest absolute Gasteiger partial charge is 0.508 e. The summed E-state index contributed by atoms with van der Waals surface area (Å²) in [7, 11) is 0. The van der Waals surface area contributed by atoms with Gasteiger partial charge in [-0.15, -0.1) is 0 Å². The van der Waals surface area contributed by atoms with Crippen molar-refractivity contribution < 1.29 is 9.84 Å². The fourth-order valence-electron chi connectivity index (χ4n) is 3.66. The average molecular weight is 281 g/mol. The maximum atomic E-state index is 10.2. The summed E-state index contributed by atoms with van der Waals surface area (Å²) >= 11 is 0. The van der Waals surface area contributed by atoms with Gasteiger partial charge in [-0.1, -0.05) is 36.4 Å². The number of aromatic hydroxyl groups is 1. The summed E-state index contributed by atoms with van der Waals surface area (Å²) in [5.41, 5.74) is 2.35. The molecule has 1 N–H and O–H groups in total. The lowest BCUT2D eigenvalue weighted by molar-refractivity contribution is 0.209. The molecule has 2 aromatic carbocycles. The van der Waals surface area contributed by atoms with Crippen molar-refractivity contribution in [1.82, 2.24) is 4.90 Å². The van der Waals surface area contributed by atoms with Gasteiger partial charge in [-0.3, -0.25) is 4.90 Å². The molecule has 2 aliphatic rings. The van der Waals surface area contributed by atoms with E-state index in [0.717, 1.165) is 37.6 Å². The van der Waals surface area contributed by atoms with Gasteiger partial charge in [0.2, 0.25) is 0 Å². The number of phenols is 1. The van der Waals surface area contributed by atoms with Gasteiger partial charge in [-0.05, 0) is 17.7 Å². The van der Waals surface area contributed by atoms with Crippen molar-refractivity contribution in [3.05, 3.63) is 59.7 Å². The minimum atomic E-state index is 0.378. The van der Waals surface area contributed by atoms with Crippen LogP contribution in [0.4, 0.5) is 0 Å². The summed E-state index contributed by atoms with van der Waals surface area (Å²) in [5, 5.41) is 10.2. The van der Waals surface area contributed by atoms with Gasteiger partial charge in [0.15, 0.2) is 0 Å². The second kappa shape index (κ2) is 5.08. The highest BCUT2D eigenvalue weighted by Gasteiger charge is 2.40. The molecule has 21 heavy (non-hydrogen) atoms. The molecule has 2 heterocycles. The summed E-state index contributed by atoms with van der Waals surface area (Å²) in [6.45, 7) is 3.75. The van der Waals surface area contributed by atoms with Gasteiger partial charge >= 0.3 is 0 Å². The van der Waals surface area contributed by atoms with Gasteiger partial charge in [0.25, 0.3) is 0 Å². The van der Waals surface area contributed by atoms with Crippen molar-refractivity contribution >= 4 is 0 Å². The van der Waals surface area contributed by atoms with Crippen molar-refractivity contribution in [2.75, 3.05) is 19.7 Å². The zero-order chi connectivity index (χ0) is 14.2. The van der Waals surface area contributed by atoms with E-state index in [-0.39, 0.29) is 0 Å². The van der Waals surface area contributed by atoms with Crippen molar-refractivity contribution in [1.29, 1.82) is 0 Å². The lowest BCUT2D eigenvalue weighted by Gasteiger charge is -2.28. The Bertz CT molecular complexity index is 641. The van der Waals surface area contributed by atoms with Gasteiger partial charge in [-0.25, -0.2) is 0 Å². The maximum Gasteiger partial charge on any atom is 0.126 e. The van der Waals surface area contributed by atoms with Crippen LogP contribution in [0.25, 0.3) is 0 Å². The molecule has 3 heteroatoms. The van der Waals surface area contributed by atoms with Gasteiger partial charge in [0, 0.05) is 37.0 Å². The first kappa shape index (κ1) is 12.7. The van der Waals surface area contributed by atoms with E-state index >= 15 is 0 Å². The van der Waals surface area contributed by atoms with Crippen molar-refractivity contribution in [3.8, 4) is 11.5 Å². The zero-order valence-corrected chi connectivity index (χ0v) is 11.9. The van der Waals surface area contributed by atoms with Crippen LogP contribution in [0.2, 0.25) is 0 Å². The number of fused-ring (bicyclic) bond motifs is 3. The molecular weight excluding hydrogens is 262 g/mol.